The van der Waals surface area contributed by atoms with Gasteiger partial charge in [-0.15, -0.1) is 22.7 Å². The van der Waals surface area contributed by atoms with Crippen molar-refractivity contribution in [2.45, 2.75) is 0 Å². The lowest BCUT2D eigenvalue weighted by atomic mass is 9.93. The van der Waals surface area contributed by atoms with Crippen molar-refractivity contribution in [1.82, 2.24) is 15.0 Å². The fourth-order valence-corrected chi connectivity index (χ4v) is 9.93. The van der Waals surface area contributed by atoms with Crippen LogP contribution in [0.15, 0.2) is 182 Å². The highest BCUT2D eigenvalue weighted by Gasteiger charge is 2.16. The van der Waals surface area contributed by atoms with E-state index in [1.54, 1.807) is 18.3 Å². The van der Waals surface area contributed by atoms with Crippen molar-refractivity contribution in [1.29, 1.82) is 0 Å². The van der Waals surface area contributed by atoms with Gasteiger partial charge in [0, 0.05) is 69.4 Å². The van der Waals surface area contributed by atoms with Crippen molar-refractivity contribution in [3.05, 3.63) is 188 Å². The molecule has 0 bridgehead atoms. The highest BCUT2D eigenvalue weighted by atomic mass is 32.1. The molecule has 3 nitrogen and oxygen atoms in total. The summed E-state index contributed by atoms with van der Waals surface area (Å²) >= 11 is 3.65. The molecule has 0 N–H and O–H groups in total. The van der Waals surface area contributed by atoms with Gasteiger partial charge in [-0.05, 0) is 124 Å². The van der Waals surface area contributed by atoms with Gasteiger partial charge in [0.25, 0.3) is 0 Å². The molecule has 0 spiro atoms. The normalized spacial score (nSPS) is 11.6. The molecule has 0 fully saturated rings. The molecule has 0 aliphatic heterocycles. The lowest BCUT2D eigenvalue weighted by Gasteiger charge is -2.14. The number of rotatable bonds is 6. The minimum absolute atomic E-state index is 0.302. The monoisotopic (exact) mass is 767 g/mol. The molecular formula is C51H30FN3S2. The molecule has 4 heterocycles. The Morgan fingerprint density at radius 1 is 0.351 bits per heavy atom. The topological polar surface area (TPSA) is 38.7 Å². The molecule has 0 amide bonds. The average molecular weight is 768 g/mol. The van der Waals surface area contributed by atoms with Crippen LogP contribution in [0.1, 0.15) is 0 Å². The van der Waals surface area contributed by atoms with E-state index in [9.17, 15) is 4.39 Å². The highest BCUT2D eigenvalue weighted by molar-refractivity contribution is 7.26. The summed E-state index contributed by atoms with van der Waals surface area (Å²) in [7, 11) is 0. The Labute approximate surface area is 336 Å². The Morgan fingerprint density at radius 3 is 1.46 bits per heavy atom. The van der Waals surface area contributed by atoms with Crippen LogP contribution in [0.5, 0.6) is 0 Å². The van der Waals surface area contributed by atoms with E-state index in [0.29, 0.717) is 5.82 Å². The molecule has 0 saturated heterocycles. The van der Waals surface area contributed by atoms with Gasteiger partial charge in [-0.1, -0.05) is 78.9 Å². The highest BCUT2D eigenvalue weighted by Crippen LogP contribution is 2.41. The number of benzene rings is 7. The third-order valence-electron chi connectivity index (χ3n) is 10.7. The van der Waals surface area contributed by atoms with Gasteiger partial charge in [-0.25, -0.2) is 14.4 Å². The maximum absolute atomic E-state index is 14.2. The predicted molar refractivity (Wildman–Crippen MR) is 238 cm³/mol. The van der Waals surface area contributed by atoms with Crippen LogP contribution in [-0.4, -0.2) is 15.0 Å². The lowest BCUT2D eigenvalue weighted by Crippen LogP contribution is -1.97. The second-order valence-corrected chi connectivity index (χ2v) is 16.4. The van der Waals surface area contributed by atoms with Gasteiger partial charge in [-0.2, -0.15) is 0 Å². The summed E-state index contributed by atoms with van der Waals surface area (Å²) in [6.45, 7) is 0. The number of hydrogen-bond acceptors (Lipinski definition) is 5. The van der Waals surface area contributed by atoms with Crippen LogP contribution in [0.2, 0.25) is 0 Å². The molecule has 7 aromatic carbocycles. The molecule has 0 unspecified atom stereocenters. The SMILES string of the molecule is Fc1ccc(-c2nc(-c3ccc(-c4cccnc4)cc3)cc(-c3cc(-c4ccc5sc6ccccc6c5c4)cc(-c4ccc5sc6ccccc6c5c4)c3)n2)cc1. The van der Waals surface area contributed by atoms with Crippen LogP contribution in [-0.2, 0) is 0 Å². The fraction of sp³-hybridized carbons (Fsp3) is 0. The summed E-state index contributed by atoms with van der Waals surface area (Å²) in [6.07, 6.45) is 3.65. The smallest absolute Gasteiger partial charge is 0.160 e. The van der Waals surface area contributed by atoms with Gasteiger partial charge in [-0.3, -0.25) is 4.98 Å². The first-order valence-electron chi connectivity index (χ1n) is 18.7. The van der Waals surface area contributed by atoms with Gasteiger partial charge >= 0.3 is 0 Å². The second kappa shape index (κ2) is 13.7. The van der Waals surface area contributed by atoms with Gasteiger partial charge in [0.1, 0.15) is 5.82 Å². The Balaban J connectivity index is 1.12. The van der Waals surface area contributed by atoms with Crippen molar-refractivity contribution >= 4 is 63.0 Å². The number of thiophene rings is 2. The molecule has 0 aliphatic rings. The number of fused-ring (bicyclic) bond motifs is 6. The van der Waals surface area contributed by atoms with E-state index in [0.717, 1.165) is 61.5 Å². The minimum atomic E-state index is -0.302. The van der Waals surface area contributed by atoms with Crippen molar-refractivity contribution in [3.63, 3.8) is 0 Å². The maximum atomic E-state index is 14.2. The minimum Gasteiger partial charge on any atom is -0.264 e. The van der Waals surface area contributed by atoms with Crippen molar-refractivity contribution in [3.8, 4) is 67.3 Å². The molecule has 0 atom stereocenters. The summed E-state index contributed by atoms with van der Waals surface area (Å²) in [6, 6.07) is 58.5. The zero-order chi connectivity index (χ0) is 37.9. The number of hydrogen-bond donors (Lipinski definition) is 0. The van der Waals surface area contributed by atoms with E-state index in [4.69, 9.17) is 9.97 Å². The van der Waals surface area contributed by atoms with Crippen LogP contribution < -0.4 is 0 Å². The average Bonchev–Trinajstić information content (AvgIpc) is 3.84. The molecule has 6 heteroatoms. The fourth-order valence-electron chi connectivity index (χ4n) is 7.76. The van der Waals surface area contributed by atoms with Gasteiger partial charge in [0.2, 0.25) is 0 Å². The standard InChI is InChI=1S/C51H30FN3S2/c52-40-19-15-33(16-20-40)51-54-45(32-13-11-31(12-14-32)36-6-5-23-53-30-36)29-46(55-51)39-25-37(34-17-21-49-43(27-34)41-7-1-3-9-47(41)56-49)24-38(26-39)35-18-22-50-44(28-35)42-8-2-4-10-48(42)57-50/h1-30H. The quantitative estimate of drug-likeness (QED) is 0.169. The van der Waals surface area contributed by atoms with Crippen LogP contribution in [0.3, 0.4) is 0 Å². The molecule has 0 aliphatic carbocycles. The Bertz CT molecular complexity index is 3160. The summed E-state index contributed by atoms with van der Waals surface area (Å²) in [5.74, 6) is 0.229. The first-order valence-corrected chi connectivity index (χ1v) is 20.4. The zero-order valence-electron chi connectivity index (χ0n) is 30.4. The molecule has 4 aromatic heterocycles. The van der Waals surface area contributed by atoms with Gasteiger partial charge < -0.3 is 0 Å². The van der Waals surface area contributed by atoms with Gasteiger partial charge in [0.15, 0.2) is 5.82 Å². The van der Waals surface area contributed by atoms with E-state index in [1.165, 1.54) is 52.5 Å². The first-order chi connectivity index (χ1) is 28.1. The number of aromatic nitrogens is 3. The summed E-state index contributed by atoms with van der Waals surface area (Å²) < 4.78 is 19.3. The third-order valence-corrected chi connectivity index (χ3v) is 13.0. The zero-order valence-corrected chi connectivity index (χ0v) is 32.0. The summed E-state index contributed by atoms with van der Waals surface area (Å²) in [5, 5.41) is 5.04. The number of pyridine rings is 1. The molecule has 268 valence electrons. The lowest BCUT2D eigenvalue weighted by molar-refractivity contribution is 0.628. The maximum Gasteiger partial charge on any atom is 0.160 e. The number of halogens is 1. The van der Waals surface area contributed by atoms with E-state index in [-0.39, 0.29) is 5.82 Å². The number of nitrogens with zero attached hydrogens (tertiary/aromatic N) is 3. The van der Waals surface area contributed by atoms with Crippen molar-refractivity contribution < 1.29 is 4.39 Å². The van der Waals surface area contributed by atoms with E-state index >= 15 is 0 Å². The largest absolute Gasteiger partial charge is 0.264 e. The Hall–Kier alpha value is -6.86. The molecule has 11 rings (SSSR count). The second-order valence-electron chi connectivity index (χ2n) is 14.2. The van der Waals surface area contributed by atoms with Crippen molar-refractivity contribution in [2.24, 2.45) is 0 Å². The molecule has 57 heavy (non-hydrogen) atoms. The summed E-state index contributed by atoms with van der Waals surface area (Å²) in [5.41, 5.74) is 10.8. The Kier molecular flexibility index (Phi) is 8.05. The van der Waals surface area contributed by atoms with E-state index < -0.39 is 0 Å². The van der Waals surface area contributed by atoms with Gasteiger partial charge in [0.05, 0.1) is 11.4 Å². The van der Waals surface area contributed by atoms with E-state index in [2.05, 4.69) is 145 Å². The van der Waals surface area contributed by atoms with Crippen LogP contribution in [0.25, 0.3) is 108 Å². The van der Waals surface area contributed by atoms with E-state index in [1.807, 2.05) is 34.9 Å². The molecule has 11 aromatic rings. The van der Waals surface area contributed by atoms with Crippen LogP contribution in [0, 0.1) is 5.82 Å². The Morgan fingerprint density at radius 2 is 0.860 bits per heavy atom. The summed E-state index contributed by atoms with van der Waals surface area (Å²) in [4.78, 5) is 14.6. The predicted octanol–water partition coefficient (Wildman–Crippen LogP) is 14.7. The molecule has 0 saturated carbocycles. The van der Waals surface area contributed by atoms with Crippen molar-refractivity contribution in [2.75, 3.05) is 0 Å². The van der Waals surface area contributed by atoms with Crippen LogP contribution in [0.4, 0.5) is 4.39 Å². The first kappa shape index (κ1) is 33.5. The van der Waals surface area contributed by atoms with Crippen LogP contribution >= 0.6 is 22.7 Å². The molecular weight excluding hydrogens is 738 g/mol. The molecule has 0 radical (unpaired) electrons. The third kappa shape index (κ3) is 6.16.